The molecule has 0 amide bonds. The van der Waals surface area contributed by atoms with E-state index in [0.717, 1.165) is 29.0 Å². The molecule has 2 N–H and O–H groups in total. The first-order valence-corrected chi connectivity index (χ1v) is 7.36. The number of nitrogens with one attached hydrogen (secondary N) is 1. The maximum absolute atomic E-state index is 9.04. The van der Waals surface area contributed by atoms with E-state index >= 15 is 0 Å². The summed E-state index contributed by atoms with van der Waals surface area (Å²) in [6, 6.07) is 10.7. The van der Waals surface area contributed by atoms with Crippen LogP contribution in [0.1, 0.15) is 12.0 Å². The third kappa shape index (κ3) is 3.60. The van der Waals surface area contributed by atoms with Gasteiger partial charge in [0.2, 0.25) is 0 Å². The molecule has 3 rings (SSSR count). The second-order valence-corrected chi connectivity index (χ2v) is 5.33. The van der Waals surface area contributed by atoms with E-state index in [0.29, 0.717) is 19.1 Å². The zero-order valence-electron chi connectivity index (χ0n) is 12.0. The fraction of sp³-hybridized carbons (Fsp3) is 0.353. The monoisotopic (exact) mass is 284 g/mol. The minimum atomic E-state index is 0.166. The molecule has 0 unspecified atom stereocenters. The van der Waals surface area contributed by atoms with Crippen molar-refractivity contribution in [2.24, 2.45) is 0 Å². The molecule has 1 aliphatic heterocycles. The average molecular weight is 284 g/mol. The van der Waals surface area contributed by atoms with E-state index in [-0.39, 0.29) is 6.61 Å². The van der Waals surface area contributed by atoms with Crippen molar-refractivity contribution in [3.8, 4) is 16.9 Å². The fourth-order valence-corrected chi connectivity index (χ4v) is 2.38. The summed E-state index contributed by atoms with van der Waals surface area (Å²) in [6.07, 6.45) is 5.44. The van der Waals surface area contributed by atoms with Crippen LogP contribution in [0.15, 0.2) is 42.7 Å². The van der Waals surface area contributed by atoms with Crippen LogP contribution in [0.5, 0.6) is 5.75 Å². The predicted octanol–water partition coefficient (Wildman–Crippen LogP) is 2.02. The van der Waals surface area contributed by atoms with Gasteiger partial charge in [-0.2, -0.15) is 0 Å². The zero-order chi connectivity index (χ0) is 14.5. The van der Waals surface area contributed by atoms with Gasteiger partial charge in [-0.05, 0) is 36.6 Å². The van der Waals surface area contributed by atoms with Gasteiger partial charge in [0.15, 0.2) is 0 Å². The van der Waals surface area contributed by atoms with Gasteiger partial charge in [-0.3, -0.25) is 4.98 Å². The number of nitrogens with zero attached hydrogens (tertiary/aromatic N) is 1. The van der Waals surface area contributed by atoms with Crippen LogP contribution >= 0.6 is 0 Å². The number of pyridine rings is 1. The van der Waals surface area contributed by atoms with Crippen LogP contribution < -0.4 is 10.1 Å². The quantitative estimate of drug-likeness (QED) is 0.852. The molecule has 2 aromatic rings. The highest BCUT2D eigenvalue weighted by Gasteiger charge is 2.16. The number of rotatable bonds is 6. The number of ether oxygens (including phenoxy) is 1. The van der Waals surface area contributed by atoms with Crippen molar-refractivity contribution < 1.29 is 9.84 Å². The van der Waals surface area contributed by atoms with Crippen molar-refractivity contribution in [3.05, 3.63) is 48.3 Å². The van der Waals surface area contributed by atoms with Crippen molar-refractivity contribution >= 4 is 0 Å². The number of hydrogen-bond donors (Lipinski definition) is 2. The van der Waals surface area contributed by atoms with Crippen molar-refractivity contribution in [2.45, 2.75) is 18.9 Å². The largest absolute Gasteiger partial charge is 0.490 e. The second-order valence-electron chi connectivity index (χ2n) is 5.33. The minimum absolute atomic E-state index is 0.166. The first-order valence-electron chi connectivity index (χ1n) is 7.36. The Morgan fingerprint density at radius 2 is 2.14 bits per heavy atom. The Morgan fingerprint density at radius 1 is 1.24 bits per heavy atom. The van der Waals surface area contributed by atoms with Crippen LogP contribution in [0.3, 0.4) is 0 Å². The van der Waals surface area contributed by atoms with Crippen LogP contribution in [0.2, 0.25) is 0 Å². The highest BCUT2D eigenvalue weighted by Crippen LogP contribution is 2.24. The Morgan fingerprint density at radius 3 is 2.90 bits per heavy atom. The van der Waals surface area contributed by atoms with Gasteiger partial charge >= 0.3 is 0 Å². The van der Waals surface area contributed by atoms with Gasteiger partial charge in [0, 0.05) is 24.4 Å². The molecule has 1 fully saturated rings. The number of hydrogen-bond acceptors (Lipinski definition) is 4. The topological polar surface area (TPSA) is 54.4 Å². The Bertz CT molecular complexity index is 597. The molecule has 110 valence electrons. The Labute approximate surface area is 124 Å². The molecule has 21 heavy (non-hydrogen) atoms. The number of aliphatic hydroxyl groups excluding tert-OH is 1. The smallest absolute Gasteiger partial charge is 0.138 e. The first-order chi connectivity index (χ1) is 10.3. The molecule has 1 atom stereocenters. The van der Waals surface area contributed by atoms with Crippen LogP contribution in [-0.4, -0.2) is 35.9 Å². The summed E-state index contributed by atoms with van der Waals surface area (Å²) in [5.74, 6) is 0.800. The lowest BCUT2D eigenvalue weighted by Gasteiger charge is -2.27. The fourth-order valence-electron chi connectivity index (χ4n) is 2.38. The molecule has 0 aliphatic carbocycles. The Hall–Kier alpha value is -1.91. The third-order valence-electron chi connectivity index (χ3n) is 3.75. The molecule has 0 radical (unpaired) electrons. The third-order valence-corrected chi connectivity index (χ3v) is 3.75. The summed E-state index contributed by atoms with van der Waals surface area (Å²) < 4.78 is 5.78. The number of aromatic nitrogens is 1. The molecule has 0 spiro atoms. The molecular weight excluding hydrogens is 264 g/mol. The van der Waals surface area contributed by atoms with Crippen molar-refractivity contribution in [1.82, 2.24) is 10.3 Å². The summed E-state index contributed by atoms with van der Waals surface area (Å²) in [5.41, 5.74) is 3.26. The average Bonchev–Trinajstić information content (AvgIpc) is 2.47. The van der Waals surface area contributed by atoms with Crippen LogP contribution in [0, 0.1) is 0 Å². The lowest BCUT2D eigenvalue weighted by Crippen LogP contribution is -2.46. The summed E-state index contributed by atoms with van der Waals surface area (Å²) in [6.45, 7) is 1.94. The van der Waals surface area contributed by atoms with Crippen molar-refractivity contribution in [1.29, 1.82) is 0 Å². The van der Waals surface area contributed by atoms with E-state index < -0.39 is 0 Å². The SMILES string of the molecule is OCCc1cccc(-c2cncc(OC[C@@H]3CCN3)c2)c1. The molecule has 4 heteroatoms. The molecule has 0 bridgehead atoms. The van der Waals surface area contributed by atoms with Gasteiger partial charge in [-0.25, -0.2) is 0 Å². The summed E-state index contributed by atoms with van der Waals surface area (Å²) in [7, 11) is 0. The predicted molar refractivity (Wildman–Crippen MR) is 82.4 cm³/mol. The van der Waals surface area contributed by atoms with Gasteiger partial charge in [-0.1, -0.05) is 24.3 Å². The van der Waals surface area contributed by atoms with E-state index in [2.05, 4.69) is 22.4 Å². The van der Waals surface area contributed by atoms with Crippen molar-refractivity contribution in [2.75, 3.05) is 19.8 Å². The lowest BCUT2D eigenvalue weighted by atomic mass is 10.0. The van der Waals surface area contributed by atoms with Crippen LogP contribution in [0.25, 0.3) is 11.1 Å². The number of benzene rings is 1. The van der Waals surface area contributed by atoms with Crippen LogP contribution in [0.4, 0.5) is 0 Å². The standard InChI is InChI=1S/C17H20N2O2/c20-7-5-13-2-1-3-14(8-13)15-9-17(11-18-10-15)21-12-16-4-6-19-16/h1-3,8-11,16,19-20H,4-7,12H2/t16-/m0/s1. The van der Waals surface area contributed by atoms with Crippen molar-refractivity contribution in [3.63, 3.8) is 0 Å². The second kappa shape index (κ2) is 6.70. The molecule has 0 saturated carbocycles. The molecular formula is C17H20N2O2. The highest BCUT2D eigenvalue weighted by molar-refractivity contribution is 5.64. The van der Waals surface area contributed by atoms with Crippen LogP contribution in [-0.2, 0) is 6.42 Å². The van der Waals surface area contributed by atoms with E-state index in [4.69, 9.17) is 9.84 Å². The van der Waals surface area contributed by atoms with Gasteiger partial charge in [0.05, 0.1) is 6.20 Å². The molecule has 4 nitrogen and oxygen atoms in total. The van der Waals surface area contributed by atoms with E-state index in [1.54, 1.807) is 6.20 Å². The zero-order valence-corrected chi connectivity index (χ0v) is 12.0. The maximum Gasteiger partial charge on any atom is 0.138 e. The molecule has 1 aromatic heterocycles. The van der Waals surface area contributed by atoms with E-state index in [9.17, 15) is 0 Å². The molecule has 1 saturated heterocycles. The highest BCUT2D eigenvalue weighted by atomic mass is 16.5. The number of aliphatic hydroxyl groups is 1. The van der Waals surface area contributed by atoms with Gasteiger partial charge in [0.1, 0.15) is 12.4 Å². The first kappa shape index (κ1) is 14.0. The molecule has 1 aliphatic rings. The normalized spacial score (nSPS) is 17.3. The Balaban J connectivity index is 1.73. The summed E-state index contributed by atoms with van der Waals surface area (Å²) >= 11 is 0. The van der Waals surface area contributed by atoms with Gasteiger partial charge in [-0.15, -0.1) is 0 Å². The lowest BCUT2D eigenvalue weighted by molar-refractivity contribution is 0.217. The summed E-state index contributed by atoms with van der Waals surface area (Å²) in [5, 5.41) is 12.4. The van der Waals surface area contributed by atoms with Gasteiger partial charge in [0.25, 0.3) is 0 Å². The molecule has 1 aromatic carbocycles. The summed E-state index contributed by atoms with van der Waals surface area (Å²) in [4.78, 5) is 4.26. The Kier molecular flexibility index (Phi) is 4.48. The maximum atomic E-state index is 9.04. The van der Waals surface area contributed by atoms with E-state index in [1.165, 1.54) is 6.42 Å². The molecule has 2 heterocycles. The van der Waals surface area contributed by atoms with Gasteiger partial charge < -0.3 is 15.2 Å². The van der Waals surface area contributed by atoms with E-state index in [1.807, 2.05) is 24.4 Å². The minimum Gasteiger partial charge on any atom is -0.490 e.